The van der Waals surface area contributed by atoms with E-state index in [1.165, 1.54) is 0 Å². The molecule has 1 amide bonds. The second-order valence-electron chi connectivity index (χ2n) is 6.75. The summed E-state index contributed by atoms with van der Waals surface area (Å²) in [6.07, 6.45) is 1.15. The van der Waals surface area contributed by atoms with Crippen molar-refractivity contribution in [3.05, 3.63) is 28.2 Å². The lowest BCUT2D eigenvalue weighted by atomic mass is 9.66. The second kappa shape index (κ2) is 4.62. The highest BCUT2D eigenvalue weighted by Gasteiger charge is 2.75. The molecule has 118 valence electrons. The average molecular weight is 342 g/mol. The van der Waals surface area contributed by atoms with E-state index in [0.29, 0.717) is 28.6 Å². The van der Waals surface area contributed by atoms with Crippen LogP contribution in [-0.4, -0.2) is 17.5 Å². The zero-order valence-electron chi connectivity index (χ0n) is 12.6. The van der Waals surface area contributed by atoms with E-state index in [9.17, 15) is 9.59 Å². The van der Waals surface area contributed by atoms with Crippen LogP contribution in [0.25, 0.3) is 0 Å². The molecular formula is C16H17Cl2NO3. The Labute approximate surface area is 139 Å². The minimum atomic E-state index is -1.15. The lowest BCUT2D eigenvalue weighted by Crippen LogP contribution is -2.50. The topological polar surface area (TPSA) is 55.4 Å². The fourth-order valence-corrected chi connectivity index (χ4v) is 4.02. The molecule has 2 bridgehead atoms. The number of ether oxygens (including phenoxy) is 1. The number of anilines is 1. The first-order valence-electron chi connectivity index (χ1n) is 7.14. The molecule has 1 heterocycles. The SMILES string of the molecule is CC1(C)[C@@]2(C)CC[C@]1(C(=O)Nc1ccc(Cl)cc1Cl)OC2=O. The summed E-state index contributed by atoms with van der Waals surface area (Å²) < 4.78 is 5.54. The molecule has 1 aromatic carbocycles. The Morgan fingerprint density at radius 1 is 1.23 bits per heavy atom. The van der Waals surface area contributed by atoms with Crippen LogP contribution < -0.4 is 5.32 Å². The molecule has 1 saturated heterocycles. The maximum Gasteiger partial charge on any atom is 0.313 e. The first kappa shape index (κ1) is 15.6. The minimum Gasteiger partial charge on any atom is -0.448 e. The fourth-order valence-electron chi connectivity index (χ4n) is 3.56. The zero-order chi connectivity index (χ0) is 16.3. The van der Waals surface area contributed by atoms with E-state index >= 15 is 0 Å². The third-order valence-corrected chi connectivity index (χ3v) is 6.18. The van der Waals surface area contributed by atoms with E-state index in [1.807, 2.05) is 20.8 Å². The van der Waals surface area contributed by atoms with Crippen LogP contribution in [0.2, 0.25) is 10.0 Å². The summed E-state index contributed by atoms with van der Waals surface area (Å²) in [7, 11) is 0. The molecule has 1 aromatic rings. The number of nitrogens with one attached hydrogen (secondary N) is 1. The molecule has 2 aliphatic rings. The molecule has 0 unspecified atom stereocenters. The highest BCUT2D eigenvalue weighted by atomic mass is 35.5. The van der Waals surface area contributed by atoms with Gasteiger partial charge in [0, 0.05) is 10.4 Å². The first-order valence-corrected chi connectivity index (χ1v) is 7.90. The van der Waals surface area contributed by atoms with Crippen molar-refractivity contribution in [3.8, 4) is 0 Å². The monoisotopic (exact) mass is 341 g/mol. The third kappa shape index (κ3) is 1.77. The molecule has 0 spiro atoms. The van der Waals surface area contributed by atoms with Gasteiger partial charge < -0.3 is 10.1 Å². The molecule has 1 aliphatic heterocycles. The smallest absolute Gasteiger partial charge is 0.313 e. The summed E-state index contributed by atoms with van der Waals surface area (Å²) in [5.74, 6) is -0.641. The third-order valence-electron chi connectivity index (χ3n) is 5.63. The van der Waals surface area contributed by atoms with Gasteiger partial charge in [0.2, 0.25) is 0 Å². The number of amides is 1. The van der Waals surface area contributed by atoms with Crippen molar-refractivity contribution in [3.63, 3.8) is 0 Å². The average Bonchev–Trinajstić information content (AvgIpc) is 2.72. The number of fused-ring (bicyclic) bond motifs is 2. The van der Waals surface area contributed by atoms with Gasteiger partial charge in [0.1, 0.15) is 0 Å². The van der Waals surface area contributed by atoms with E-state index in [4.69, 9.17) is 27.9 Å². The van der Waals surface area contributed by atoms with Gasteiger partial charge in [-0.3, -0.25) is 9.59 Å². The van der Waals surface area contributed by atoms with Crippen LogP contribution in [-0.2, 0) is 14.3 Å². The van der Waals surface area contributed by atoms with E-state index in [2.05, 4.69) is 5.32 Å². The molecule has 0 radical (unpaired) electrons. The highest BCUT2D eigenvalue weighted by molar-refractivity contribution is 6.36. The number of hydrogen-bond donors (Lipinski definition) is 1. The lowest BCUT2D eigenvalue weighted by molar-refractivity contribution is -0.165. The molecule has 1 aliphatic carbocycles. The lowest BCUT2D eigenvalue weighted by Gasteiger charge is -2.35. The first-order chi connectivity index (χ1) is 10.1. The van der Waals surface area contributed by atoms with Gasteiger partial charge in [0.25, 0.3) is 5.91 Å². The molecule has 2 atom stereocenters. The van der Waals surface area contributed by atoms with Crippen molar-refractivity contribution in [2.24, 2.45) is 10.8 Å². The molecule has 6 heteroatoms. The summed E-state index contributed by atoms with van der Waals surface area (Å²) in [4.78, 5) is 25.1. The predicted octanol–water partition coefficient (Wildman–Crippen LogP) is 4.05. The normalized spacial score (nSPS) is 32.0. The number of rotatable bonds is 2. The van der Waals surface area contributed by atoms with Crippen LogP contribution in [0, 0.1) is 10.8 Å². The molecule has 2 fully saturated rings. The Balaban J connectivity index is 1.94. The summed E-state index contributed by atoms with van der Waals surface area (Å²) in [5.41, 5.74) is -1.91. The van der Waals surface area contributed by atoms with Crippen molar-refractivity contribution < 1.29 is 14.3 Å². The van der Waals surface area contributed by atoms with Gasteiger partial charge in [-0.1, -0.05) is 37.0 Å². The highest BCUT2D eigenvalue weighted by Crippen LogP contribution is 2.65. The number of benzene rings is 1. The van der Waals surface area contributed by atoms with E-state index in [0.717, 1.165) is 0 Å². The van der Waals surface area contributed by atoms with Gasteiger partial charge in [-0.15, -0.1) is 0 Å². The van der Waals surface area contributed by atoms with E-state index in [1.54, 1.807) is 18.2 Å². The van der Waals surface area contributed by atoms with E-state index in [-0.39, 0.29) is 11.9 Å². The van der Waals surface area contributed by atoms with Crippen LogP contribution in [0.1, 0.15) is 33.6 Å². The predicted molar refractivity (Wildman–Crippen MR) is 85.0 cm³/mol. The van der Waals surface area contributed by atoms with Crippen molar-refractivity contribution in [1.82, 2.24) is 0 Å². The molecule has 22 heavy (non-hydrogen) atoms. The van der Waals surface area contributed by atoms with Crippen LogP contribution >= 0.6 is 23.2 Å². The van der Waals surface area contributed by atoms with Crippen molar-refractivity contribution in [2.75, 3.05) is 5.32 Å². The Morgan fingerprint density at radius 3 is 2.41 bits per heavy atom. The Kier molecular flexibility index (Phi) is 3.28. The molecule has 0 aromatic heterocycles. The second-order valence-corrected chi connectivity index (χ2v) is 7.60. The summed E-state index contributed by atoms with van der Waals surface area (Å²) in [6, 6.07) is 4.84. The zero-order valence-corrected chi connectivity index (χ0v) is 14.1. The molecule has 1 saturated carbocycles. The standard InChI is InChI=1S/C16H17Cl2NO3/c1-14(2)15(3)6-7-16(14,22-13(15)21)12(20)19-11-5-4-9(17)8-10(11)18/h4-5,8H,6-7H2,1-3H3,(H,19,20)/t15-,16+/m0/s1. The number of halogens is 2. The number of carbonyl (C=O) groups is 2. The largest absolute Gasteiger partial charge is 0.448 e. The van der Waals surface area contributed by atoms with Crippen LogP contribution in [0.3, 0.4) is 0 Å². The van der Waals surface area contributed by atoms with Crippen molar-refractivity contribution >= 4 is 40.8 Å². The number of hydrogen-bond acceptors (Lipinski definition) is 3. The number of esters is 1. The van der Waals surface area contributed by atoms with Gasteiger partial charge in [-0.25, -0.2) is 0 Å². The summed E-state index contributed by atoms with van der Waals surface area (Å²) in [6.45, 7) is 5.69. The Hall–Kier alpha value is -1.26. The molecule has 3 rings (SSSR count). The van der Waals surface area contributed by atoms with Crippen LogP contribution in [0.5, 0.6) is 0 Å². The summed E-state index contributed by atoms with van der Waals surface area (Å²) >= 11 is 12.0. The van der Waals surface area contributed by atoms with Crippen molar-refractivity contribution in [1.29, 1.82) is 0 Å². The fraction of sp³-hybridized carbons (Fsp3) is 0.500. The van der Waals surface area contributed by atoms with Gasteiger partial charge >= 0.3 is 5.97 Å². The van der Waals surface area contributed by atoms with Gasteiger partial charge in [0.15, 0.2) is 5.60 Å². The molecule has 1 N–H and O–H groups in total. The van der Waals surface area contributed by atoms with Gasteiger partial charge in [-0.2, -0.15) is 0 Å². The van der Waals surface area contributed by atoms with Crippen LogP contribution in [0.4, 0.5) is 5.69 Å². The molecular weight excluding hydrogens is 325 g/mol. The quantitative estimate of drug-likeness (QED) is 0.825. The maximum absolute atomic E-state index is 12.9. The molecule has 4 nitrogen and oxygen atoms in total. The Morgan fingerprint density at radius 2 is 1.91 bits per heavy atom. The maximum atomic E-state index is 12.9. The minimum absolute atomic E-state index is 0.305. The van der Waals surface area contributed by atoms with Crippen molar-refractivity contribution in [2.45, 2.75) is 39.2 Å². The summed E-state index contributed by atoms with van der Waals surface area (Å²) in [5, 5.41) is 3.62. The Bertz CT molecular complexity index is 688. The number of carbonyl (C=O) groups excluding carboxylic acids is 2. The van der Waals surface area contributed by atoms with E-state index < -0.39 is 16.4 Å². The van der Waals surface area contributed by atoms with Crippen LogP contribution in [0.15, 0.2) is 18.2 Å². The van der Waals surface area contributed by atoms with Gasteiger partial charge in [0.05, 0.1) is 16.1 Å². The van der Waals surface area contributed by atoms with Gasteiger partial charge in [-0.05, 0) is 38.0 Å².